The monoisotopic (exact) mass is 504 g/mol. The number of nitrogens with one attached hydrogen (secondary N) is 1. The molecule has 0 saturated carbocycles. The molecule has 6 nitrogen and oxygen atoms in total. The second-order valence-corrected chi connectivity index (χ2v) is 6.30. The fourth-order valence-electron chi connectivity index (χ4n) is 1.87. The molecule has 0 bridgehead atoms. The Morgan fingerprint density at radius 1 is 1.05 bits per heavy atom. The van der Waals surface area contributed by atoms with Gasteiger partial charge in [-0.15, -0.1) is 0 Å². The lowest BCUT2D eigenvalue weighted by molar-refractivity contribution is 0.777. The van der Waals surface area contributed by atoms with Crippen LogP contribution in [0.15, 0.2) is 36.7 Å². The van der Waals surface area contributed by atoms with Crippen molar-refractivity contribution in [1.82, 2.24) is 29.9 Å². The molecule has 8 heteroatoms. The van der Waals surface area contributed by atoms with Gasteiger partial charge in [-0.25, -0.2) is 14.6 Å². The van der Waals surface area contributed by atoms with E-state index in [-0.39, 0.29) is 0 Å². The van der Waals surface area contributed by atoms with Crippen LogP contribution < -0.4 is 0 Å². The summed E-state index contributed by atoms with van der Waals surface area (Å²) in [4.78, 5) is 8.25. The summed E-state index contributed by atoms with van der Waals surface area (Å²) >= 11 is 4.40. The lowest BCUT2D eigenvalue weighted by Crippen LogP contribution is -1.90. The minimum atomic E-state index is 0.784. The summed E-state index contributed by atoms with van der Waals surface area (Å²) in [6, 6.07) is 7.84. The molecule has 0 amide bonds. The SMILES string of the molecule is Cn1nc(I)c2cccnc21.Ic1[nH]nc2ncccc12. The van der Waals surface area contributed by atoms with Crippen LogP contribution in [0.1, 0.15) is 0 Å². The minimum Gasteiger partial charge on any atom is -0.269 e. The third-order valence-corrected chi connectivity index (χ3v) is 4.46. The number of aromatic amines is 1. The van der Waals surface area contributed by atoms with Crippen molar-refractivity contribution >= 4 is 67.2 Å². The summed E-state index contributed by atoms with van der Waals surface area (Å²) in [6.45, 7) is 0. The van der Waals surface area contributed by atoms with Gasteiger partial charge in [-0.2, -0.15) is 10.2 Å². The molecule has 4 rings (SSSR count). The molecule has 0 saturated heterocycles. The number of nitrogens with zero attached hydrogens (tertiary/aromatic N) is 5. The Hall–Kier alpha value is -1.30. The summed E-state index contributed by atoms with van der Waals surface area (Å²) < 4.78 is 3.84. The zero-order chi connectivity index (χ0) is 14.8. The number of rotatable bonds is 0. The highest BCUT2D eigenvalue weighted by Gasteiger charge is 2.04. The Morgan fingerprint density at radius 2 is 1.76 bits per heavy atom. The van der Waals surface area contributed by atoms with E-state index in [0.717, 1.165) is 29.5 Å². The first kappa shape index (κ1) is 14.6. The van der Waals surface area contributed by atoms with E-state index >= 15 is 0 Å². The van der Waals surface area contributed by atoms with Crippen LogP contribution in [-0.4, -0.2) is 29.9 Å². The highest BCUT2D eigenvalue weighted by atomic mass is 127. The van der Waals surface area contributed by atoms with E-state index in [9.17, 15) is 0 Å². The van der Waals surface area contributed by atoms with Gasteiger partial charge in [0, 0.05) is 19.4 Å². The topological polar surface area (TPSA) is 72.3 Å². The maximum atomic E-state index is 4.23. The first-order chi connectivity index (χ1) is 10.2. The average molecular weight is 504 g/mol. The maximum Gasteiger partial charge on any atom is 0.181 e. The standard InChI is InChI=1S/C7H6IN3.C6H4IN3/c1-11-7-5(6(8)10-11)3-2-4-9-7;7-5-4-2-1-3-8-6(4)10-9-5/h2-4H,1H3;1-3H,(H,8,9,10). The fourth-order valence-corrected chi connectivity index (χ4v) is 3.15. The lowest BCUT2D eigenvalue weighted by Gasteiger charge is -1.88. The highest BCUT2D eigenvalue weighted by Crippen LogP contribution is 2.16. The van der Waals surface area contributed by atoms with Crippen molar-refractivity contribution in [2.45, 2.75) is 0 Å². The number of halogens is 2. The number of fused-ring (bicyclic) bond motifs is 2. The van der Waals surface area contributed by atoms with Crippen LogP contribution in [0.2, 0.25) is 0 Å². The molecule has 1 N–H and O–H groups in total. The smallest absolute Gasteiger partial charge is 0.181 e. The molecule has 0 fully saturated rings. The molecular weight excluding hydrogens is 494 g/mol. The zero-order valence-electron chi connectivity index (χ0n) is 11.0. The van der Waals surface area contributed by atoms with E-state index in [2.05, 4.69) is 70.4 Å². The number of aromatic nitrogens is 6. The molecule has 21 heavy (non-hydrogen) atoms. The molecule has 0 aromatic carbocycles. The number of hydrogen-bond donors (Lipinski definition) is 1. The first-order valence-electron chi connectivity index (χ1n) is 6.04. The van der Waals surface area contributed by atoms with Gasteiger partial charge in [-0.05, 0) is 69.4 Å². The Labute approximate surface area is 147 Å². The quantitative estimate of drug-likeness (QED) is 0.374. The first-order valence-corrected chi connectivity index (χ1v) is 8.20. The molecule has 0 aliphatic rings. The van der Waals surface area contributed by atoms with Crippen molar-refractivity contribution in [2.75, 3.05) is 0 Å². The van der Waals surface area contributed by atoms with Gasteiger partial charge < -0.3 is 0 Å². The minimum absolute atomic E-state index is 0.784. The van der Waals surface area contributed by atoms with Gasteiger partial charge in [0.15, 0.2) is 11.3 Å². The van der Waals surface area contributed by atoms with Crippen LogP contribution in [0, 0.1) is 7.40 Å². The lowest BCUT2D eigenvalue weighted by atomic mass is 10.4. The molecule has 106 valence electrons. The second-order valence-electron chi connectivity index (χ2n) is 4.20. The van der Waals surface area contributed by atoms with Gasteiger partial charge in [0.25, 0.3) is 0 Å². The van der Waals surface area contributed by atoms with Crippen molar-refractivity contribution in [2.24, 2.45) is 7.05 Å². The number of pyridine rings is 2. The second kappa shape index (κ2) is 6.22. The van der Waals surface area contributed by atoms with E-state index < -0.39 is 0 Å². The number of aryl methyl sites for hydroxylation is 1. The summed E-state index contributed by atoms with van der Waals surface area (Å²) in [6.07, 6.45) is 3.51. The molecule has 4 aromatic heterocycles. The summed E-state index contributed by atoms with van der Waals surface area (Å²) in [5.74, 6) is 0. The van der Waals surface area contributed by atoms with Crippen molar-refractivity contribution in [3.63, 3.8) is 0 Å². The summed E-state index contributed by atoms with van der Waals surface area (Å²) in [5.41, 5.74) is 1.73. The molecule has 0 spiro atoms. The maximum absolute atomic E-state index is 4.23. The molecule has 0 atom stereocenters. The van der Waals surface area contributed by atoms with Gasteiger partial charge in [0.1, 0.15) is 7.40 Å². The molecular formula is C13H10I2N6. The van der Waals surface area contributed by atoms with Crippen LogP contribution in [0.3, 0.4) is 0 Å². The number of hydrogen-bond acceptors (Lipinski definition) is 4. The Kier molecular flexibility index (Phi) is 4.33. The van der Waals surface area contributed by atoms with Crippen molar-refractivity contribution in [1.29, 1.82) is 0 Å². The van der Waals surface area contributed by atoms with E-state index in [4.69, 9.17) is 0 Å². The molecule has 0 unspecified atom stereocenters. The van der Waals surface area contributed by atoms with Crippen LogP contribution in [-0.2, 0) is 7.05 Å². The summed E-state index contributed by atoms with van der Waals surface area (Å²) in [7, 11) is 1.90. The Bertz CT molecular complexity index is 862. The van der Waals surface area contributed by atoms with E-state index in [1.165, 1.54) is 0 Å². The number of H-pyrrole nitrogens is 1. The van der Waals surface area contributed by atoms with Gasteiger partial charge in [0.2, 0.25) is 0 Å². The molecule has 0 aliphatic heterocycles. The van der Waals surface area contributed by atoms with Crippen molar-refractivity contribution in [3.8, 4) is 0 Å². The average Bonchev–Trinajstić information content (AvgIpc) is 3.02. The molecule has 4 aromatic rings. The Morgan fingerprint density at radius 3 is 2.48 bits per heavy atom. The highest BCUT2D eigenvalue weighted by molar-refractivity contribution is 14.1. The predicted octanol–water partition coefficient (Wildman–Crippen LogP) is 3.14. The van der Waals surface area contributed by atoms with Gasteiger partial charge in [0.05, 0.1) is 10.8 Å². The Balaban J connectivity index is 0.000000126. The zero-order valence-corrected chi connectivity index (χ0v) is 15.3. The van der Waals surface area contributed by atoms with Crippen LogP contribution in [0.25, 0.3) is 22.1 Å². The largest absolute Gasteiger partial charge is 0.269 e. The van der Waals surface area contributed by atoms with Gasteiger partial charge >= 0.3 is 0 Å². The van der Waals surface area contributed by atoms with Crippen LogP contribution >= 0.6 is 45.2 Å². The predicted molar refractivity (Wildman–Crippen MR) is 97.8 cm³/mol. The van der Waals surface area contributed by atoms with Crippen LogP contribution in [0.4, 0.5) is 0 Å². The van der Waals surface area contributed by atoms with E-state index in [0.29, 0.717) is 0 Å². The summed E-state index contributed by atoms with van der Waals surface area (Å²) in [5, 5.41) is 13.3. The third-order valence-electron chi connectivity index (χ3n) is 2.84. The van der Waals surface area contributed by atoms with Crippen LogP contribution in [0.5, 0.6) is 0 Å². The van der Waals surface area contributed by atoms with Gasteiger partial charge in [-0.3, -0.25) is 5.10 Å². The van der Waals surface area contributed by atoms with E-state index in [1.54, 1.807) is 17.1 Å². The van der Waals surface area contributed by atoms with Crippen molar-refractivity contribution < 1.29 is 0 Å². The van der Waals surface area contributed by atoms with Gasteiger partial charge in [-0.1, -0.05) is 0 Å². The normalized spacial score (nSPS) is 10.6. The molecule has 4 heterocycles. The molecule has 0 radical (unpaired) electrons. The van der Waals surface area contributed by atoms with E-state index in [1.807, 2.05) is 31.3 Å². The molecule has 0 aliphatic carbocycles. The fraction of sp³-hybridized carbons (Fsp3) is 0.0769. The van der Waals surface area contributed by atoms with Crippen molar-refractivity contribution in [3.05, 3.63) is 44.1 Å². The third kappa shape index (κ3) is 3.00.